The van der Waals surface area contributed by atoms with Crippen molar-refractivity contribution in [2.45, 2.75) is 25.1 Å². The molecule has 18 heavy (non-hydrogen) atoms. The van der Waals surface area contributed by atoms with E-state index in [1.165, 1.54) is 0 Å². The number of phenols is 1. The number of likely N-dealkylation sites (N-methyl/N-ethyl adjacent to an activating group) is 1. The van der Waals surface area contributed by atoms with Crippen molar-refractivity contribution in [1.29, 1.82) is 0 Å². The Bertz CT molecular complexity index is 436. The van der Waals surface area contributed by atoms with E-state index in [2.05, 4.69) is 5.32 Å². The number of carbonyl (C=O) groups excluding carboxylic acids is 1. The highest BCUT2D eigenvalue weighted by Gasteiger charge is 2.29. The summed E-state index contributed by atoms with van der Waals surface area (Å²) in [7, 11) is 1.72. The predicted molar refractivity (Wildman–Crippen MR) is 67.0 cm³/mol. The van der Waals surface area contributed by atoms with E-state index in [9.17, 15) is 15.0 Å². The Balaban J connectivity index is 1.95. The second-order valence-electron chi connectivity index (χ2n) is 4.71. The quantitative estimate of drug-likeness (QED) is 0.710. The minimum atomic E-state index is -0.437. The van der Waals surface area contributed by atoms with Gasteiger partial charge in [0.2, 0.25) is 5.91 Å². The summed E-state index contributed by atoms with van der Waals surface area (Å²) in [6.45, 7) is 0.915. The number of β-amino-alcohol motifs (C(OH)–C–C–N with tert-alkyl or cyclic N) is 1. The molecule has 0 bridgehead atoms. The fourth-order valence-corrected chi connectivity index (χ4v) is 2.18. The van der Waals surface area contributed by atoms with Crippen molar-refractivity contribution in [3.05, 3.63) is 29.8 Å². The third-order valence-electron chi connectivity index (χ3n) is 3.11. The van der Waals surface area contributed by atoms with E-state index in [-0.39, 0.29) is 17.7 Å². The first kappa shape index (κ1) is 12.9. The number of aromatic hydroxyl groups is 1. The maximum absolute atomic E-state index is 12.1. The first-order valence-corrected chi connectivity index (χ1v) is 6.00. The highest BCUT2D eigenvalue weighted by molar-refractivity contribution is 5.82. The smallest absolute Gasteiger partial charge is 0.239 e. The van der Waals surface area contributed by atoms with Crippen molar-refractivity contribution in [3.63, 3.8) is 0 Å². The first-order chi connectivity index (χ1) is 8.56. The number of nitrogens with one attached hydrogen (secondary N) is 1. The number of carbonyl (C=O) groups is 1. The van der Waals surface area contributed by atoms with Crippen molar-refractivity contribution < 1.29 is 15.0 Å². The van der Waals surface area contributed by atoms with Gasteiger partial charge in [0.25, 0.3) is 0 Å². The minimum absolute atomic E-state index is 0.0325. The fraction of sp³-hybridized carbons (Fsp3) is 0.462. The zero-order valence-electron chi connectivity index (χ0n) is 10.3. The van der Waals surface area contributed by atoms with Crippen LogP contribution in [0.25, 0.3) is 0 Å². The van der Waals surface area contributed by atoms with Crippen LogP contribution in [-0.2, 0) is 11.3 Å². The largest absolute Gasteiger partial charge is 0.508 e. The number of benzene rings is 1. The van der Waals surface area contributed by atoms with Gasteiger partial charge in [-0.05, 0) is 24.1 Å². The maximum Gasteiger partial charge on any atom is 0.239 e. The molecular formula is C13H18N2O3. The maximum atomic E-state index is 12.1. The van der Waals surface area contributed by atoms with Crippen LogP contribution in [-0.4, -0.2) is 46.8 Å². The molecule has 2 rings (SSSR count). The minimum Gasteiger partial charge on any atom is -0.508 e. The summed E-state index contributed by atoms with van der Waals surface area (Å²) in [5, 5.41) is 21.7. The zero-order chi connectivity index (χ0) is 13.1. The van der Waals surface area contributed by atoms with Gasteiger partial charge in [-0.2, -0.15) is 0 Å². The number of rotatable bonds is 3. The SMILES string of the molecule is CN(Cc1cccc(O)c1)C(=O)C1CC(O)CN1. The average Bonchev–Trinajstić information content (AvgIpc) is 2.75. The van der Waals surface area contributed by atoms with Crippen LogP contribution < -0.4 is 5.32 Å². The van der Waals surface area contributed by atoms with Gasteiger partial charge in [0.1, 0.15) is 5.75 Å². The Morgan fingerprint density at radius 2 is 2.33 bits per heavy atom. The van der Waals surface area contributed by atoms with Gasteiger partial charge in [-0.1, -0.05) is 12.1 Å². The number of hydrogen-bond donors (Lipinski definition) is 3. The van der Waals surface area contributed by atoms with E-state index >= 15 is 0 Å². The normalized spacial score (nSPS) is 23.0. The topological polar surface area (TPSA) is 72.8 Å². The standard InChI is InChI=1S/C13H18N2O3/c1-15(8-9-3-2-4-10(16)5-9)13(18)12-6-11(17)7-14-12/h2-5,11-12,14,16-17H,6-8H2,1H3. The number of hydrogen-bond acceptors (Lipinski definition) is 4. The molecule has 5 nitrogen and oxygen atoms in total. The second-order valence-corrected chi connectivity index (χ2v) is 4.71. The molecule has 98 valence electrons. The molecule has 0 radical (unpaired) electrons. The Hall–Kier alpha value is -1.59. The number of phenolic OH excluding ortho intramolecular Hbond substituents is 1. The van der Waals surface area contributed by atoms with E-state index in [0.29, 0.717) is 19.5 Å². The van der Waals surface area contributed by atoms with E-state index in [4.69, 9.17) is 0 Å². The Morgan fingerprint density at radius 3 is 2.94 bits per heavy atom. The van der Waals surface area contributed by atoms with Crippen LogP contribution in [0.5, 0.6) is 5.75 Å². The molecule has 5 heteroatoms. The zero-order valence-corrected chi connectivity index (χ0v) is 10.3. The van der Waals surface area contributed by atoms with E-state index in [1.807, 2.05) is 6.07 Å². The Morgan fingerprint density at radius 1 is 1.56 bits per heavy atom. The molecule has 0 aromatic heterocycles. The molecule has 2 unspecified atom stereocenters. The number of nitrogens with zero attached hydrogens (tertiary/aromatic N) is 1. The van der Waals surface area contributed by atoms with Gasteiger partial charge in [-0.15, -0.1) is 0 Å². The molecule has 2 atom stereocenters. The average molecular weight is 250 g/mol. The van der Waals surface area contributed by atoms with Crippen molar-refractivity contribution >= 4 is 5.91 Å². The summed E-state index contributed by atoms with van der Waals surface area (Å²) in [5.74, 6) is 0.164. The van der Waals surface area contributed by atoms with Gasteiger partial charge < -0.3 is 20.4 Å². The first-order valence-electron chi connectivity index (χ1n) is 6.00. The van der Waals surface area contributed by atoms with Crippen molar-refractivity contribution in [2.24, 2.45) is 0 Å². The Labute approximate surface area is 106 Å². The molecule has 0 spiro atoms. The number of aliphatic hydroxyl groups is 1. The molecule has 1 aliphatic heterocycles. The molecule has 1 aromatic rings. The van der Waals surface area contributed by atoms with E-state index in [1.54, 1.807) is 30.1 Å². The Kier molecular flexibility index (Phi) is 3.84. The molecule has 1 aliphatic rings. The molecule has 1 aromatic carbocycles. The van der Waals surface area contributed by atoms with Crippen LogP contribution >= 0.6 is 0 Å². The van der Waals surface area contributed by atoms with E-state index in [0.717, 1.165) is 5.56 Å². The van der Waals surface area contributed by atoms with E-state index < -0.39 is 6.10 Å². The lowest BCUT2D eigenvalue weighted by molar-refractivity contribution is -0.132. The predicted octanol–water partition coefficient (Wildman–Crippen LogP) is 0.0734. The summed E-state index contributed by atoms with van der Waals surface area (Å²) < 4.78 is 0. The molecule has 1 heterocycles. The summed E-state index contributed by atoms with van der Waals surface area (Å²) in [4.78, 5) is 13.7. The molecule has 0 saturated carbocycles. The van der Waals surface area contributed by atoms with Crippen LogP contribution in [0.15, 0.2) is 24.3 Å². The lowest BCUT2D eigenvalue weighted by Crippen LogP contribution is -2.41. The van der Waals surface area contributed by atoms with Crippen LogP contribution in [0.1, 0.15) is 12.0 Å². The monoisotopic (exact) mass is 250 g/mol. The van der Waals surface area contributed by atoms with Crippen LogP contribution in [0.4, 0.5) is 0 Å². The van der Waals surface area contributed by atoms with Crippen LogP contribution in [0.3, 0.4) is 0 Å². The molecule has 1 saturated heterocycles. The number of aliphatic hydroxyl groups excluding tert-OH is 1. The lowest BCUT2D eigenvalue weighted by atomic mass is 10.1. The van der Waals surface area contributed by atoms with Crippen molar-refractivity contribution in [2.75, 3.05) is 13.6 Å². The molecule has 3 N–H and O–H groups in total. The van der Waals surface area contributed by atoms with Gasteiger partial charge in [-0.25, -0.2) is 0 Å². The summed E-state index contributed by atoms with van der Waals surface area (Å²) in [6, 6.07) is 6.55. The third kappa shape index (κ3) is 3.00. The van der Waals surface area contributed by atoms with Crippen molar-refractivity contribution in [1.82, 2.24) is 10.2 Å². The third-order valence-corrected chi connectivity index (χ3v) is 3.11. The lowest BCUT2D eigenvalue weighted by Gasteiger charge is -2.21. The summed E-state index contributed by atoms with van der Waals surface area (Å²) in [6.07, 6.45) is 0.0246. The molecule has 1 fully saturated rings. The molecule has 0 aliphatic carbocycles. The fourth-order valence-electron chi connectivity index (χ4n) is 2.18. The van der Waals surface area contributed by atoms with Gasteiger partial charge in [-0.3, -0.25) is 4.79 Å². The van der Waals surface area contributed by atoms with Gasteiger partial charge >= 0.3 is 0 Å². The second kappa shape index (κ2) is 5.37. The van der Waals surface area contributed by atoms with Crippen molar-refractivity contribution in [3.8, 4) is 5.75 Å². The highest BCUT2D eigenvalue weighted by atomic mass is 16.3. The van der Waals surface area contributed by atoms with Crippen LogP contribution in [0.2, 0.25) is 0 Å². The molecule has 1 amide bonds. The van der Waals surface area contributed by atoms with Gasteiger partial charge in [0, 0.05) is 20.1 Å². The summed E-state index contributed by atoms with van der Waals surface area (Å²) in [5.41, 5.74) is 0.879. The number of amides is 1. The van der Waals surface area contributed by atoms with Gasteiger partial charge in [0.15, 0.2) is 0 Å². The summed E-state index contributed by atoms with van der Waals surface area (Å²) >= 11 is 0. The van der Waals surface area contributed by atoms with Crippen LogP contribution in [0, 0.1) is 0 Å². The van der Waals surface area contributed by atoms with Gasteiger partial charge in [0.05, 0.1) is 12.1 Å². The highest BCUT2D eigenvalue weighted by Crippen LogP contribution is 2.14. The molecular weight excluding hydrogens is 232 g/mol.